The number of ether oxygens (including phenoxy) is 6. The van der Waals surface area contributed by atoms with Crippen molar-refractivity contribution in [2.24, 2.45) is 0 Å². The van der Waals surface area contributed by atoms with Crippen LogP contribution in [0.4, 0.5) is 0 Å². The number of hydrogen-bond acceptors (Lipinski definition) is 6. The minimum Gasteiger partial charge on any atom is -0.486 e. The maximum atomic E-state index is 6.97. The van der Waals surface area contributed by atoms with Gasteiger partial charge in [0, 0.05) is 0 Å². The van der Waals surface area contributed by atoms with Crippen molar-refractivity contribution in [2.45, 2.75) is 311 Å². The molecular weight excluding hydrogens is 817 g/mol. The van der Waals surface area contributed by atoms with E-state index in [1.165, 1.54) is 193 Å². The van der Waals surface area contributed by atoms with Crippen LogP contribution in [0.5, 0.6) is 34.5 Å². The third kappa shape index (κ3) is 34.3. The molecule has 1 rings (SSSR count). The number of rotatable bonds is 54. The lowest BCUT2D eigenvalue weighted by Crippen LogP contribution is -2.13. The Bertz CT molecular complexity index is 894. The van der Waals surface area contributed by atoms with E-state index in [4.69, 9.17) is 28.4 Å². The van der Waals surface area contributed by atoms with Gasteiger partial charge >= 0.3 is 0 Å². The average molecular weight is 932 g/mol. The summed E-state index contributed by atoms with van der Waals surface area (Å²) in [6, 6.07) is 0. The SMILES string of the molecule is CCCCCCCCCOc1c(OCCCCCCCCC)c(OCCCCCCCCC)c(OCCCCCCCCC)c(OCCCCCCCCC)c1OCCCCCCCCC. The zero-order valence-corrected chi connectivity index (χ0v) is 45.4. The largest absolute Gasteiger partial charge is 0.486 e. The summed E-state index contributed by atoms with van der Waals surface area (Å²) in [5.41, 5.74) is 0. The highest BCUT2D eigenvalue weighted by Gasteiger charge is 2.32. The molecule has 0 radical (unpaired) electrons. The standard InChI is InChI=1S/C60H114O6/c1-7-13-19-25-31-37-43-49-61-55-56(62-50-44-38-32-26-20-14-8-2)58(64-52-46-40-34-28-22-16-10-4)60(66-54-48-42-36-30-24-18-12-6)59(65-53-47-41-35-29-23-17-11-5)57(55)63-51-45-39-33-27-21-15-9-3/h7-54H2,1-6H3. The number of benzene rings is 1. The second kappa shape index (κ2) is 49.4. The Morgan fingerprint density at radius 1 is 0.152 bits per heavy atom. The summed E-state index contributed by atoms with van der Waals surface area (Å²) >= 11 is 0. The summed E-state index contributed by atoms with van der Waals surface area (Å²) in [4.78, 5) is 0. The van der Waals surface area contributed by atoms with E-state index in [1.807, 2.05) is 0 Å². The molecule has 0 aliphatic rings. The van der Waals surface area contributed by atoms with Crippen LogP contribution in [0.25, 0.3) is 0 Å². The van der Waals surface area contributed by atoms with Gasteiger partial charge in [-0.25, -0.2) is 0 Å². The first kappa shape index (κ1) is 62.0. The molecule has 0 atom stereocenters. The molecule has 1 aromatic carbocycles. The van der Waals surface area contributed by atoms with E-state index >= 15 is 0 Å². The molecule has 0 aliphatic heterocycles. The Morgan fingerprint density at radius 3 is 0.379 bits per heavy atom. The molecule has 0 saturated carbocycles. The minimum atomic E-state index is 0.613. The molecule has 0 bridgehead atoms. The predicted octanol–water partition coefficient (Wildman–Crippen LogP) is 20.5. The van der Waals surface area contributed by atoms with Crippen molar-refractivity contribution >= 4 is 0 Å². The molecule has 0 unspecified atom stereocenters. The Kier molecular flexibility index (Phi) is 46.5. The van der Waals surface area contributed by atoms with Crippen LogP contribution in [-0.4, -0.2) is 39.6 Å². The first-order valence-corrected chi connectivity index (χ1v) is 29.7. The van der Waals surface area contributed by atoms with Crippen LogP contribution >= 0.6 is 0 Å². The van der Waals surface area contributed by atoms with Crippen LogP contribution < -0.4 is 28.4 Å². The molecular formula is C60H114O6. The van der Waals surface area contributed by atoms with Gasteiger partial charge in [-0.3, -0.25) is 0 Å². The monoisotopic (exact) mass is 931 g/mol. The van der Waals surface area contributed by atoms with Gasteiger partial charge < -0.3 is 28.4 Å². The quantitative estimate of drug-likeness (QED) is 0.0607. The molecule has 0 N–H and O–H groups in total. The molecule has 0 amide bonds. The lowest BCUT2D eigenvalue weighted by molar-refractivity contribution is 0.188. The molecule has 0 aliphatic carbocycles. The first-order chi connectivity index (χ1) is 32.7. The Balaban J connectivity index is 3.72. The molecule has 0 saturated heterocycles. The van der Waals surface area contributed by atoms with Gasteiger partial charge in [0.05, 0.1) is 39.6 Å². The average Bonchev–Trinajstić information content (AvgIpc) is 3.32. The van der Waals surface area contributed by atoms with Crippen LogP contribution in [0, 0.1) is 0 Å². The number of hydrogen-bond donors (Lipinski definition) is 0. The van der Waals surface area contributed by atoms with Crippen molar-refractivity contribution in [3.05, 3.63) is 0 Å². The number of unbranched alkanes of at least 4 members (excludes halogenated alkanes) is 36. The molecule has 0 spiro atoms. The van der Waals surface area contributed by atoms with Gasteiger partial charge in [0.15, 0.2) is 0 Å². The normalized spacial score (nSPS) is 11.4. The van der Waals surface area contributed by atoms with Gasteiger partial charge in [-0.1, -0.05) is 273 Å². The third-order valence-electron chi connectivity index (χ3n) is 13.2. The summed E-state index contributed by atoms with van der Waals surface area (Å²) < 4.78 is 41.8. The topological polar surface area (TPSA) is 55.4 Å². The van der Waals surface area contributed by atoms with E-state index in [9.17, 15) is 0 Å². The maximum Gasteiger partial charge on any atom is 0.211 e. The lowest BCUT2D eigenvalue weighted by atomic mass is 10.1. The molecule has 6 nitrogen and oxygen atoms in total. The molecule has 0 heterocycles. The van der Waals surface area contributed by atoms with Crippen molar-refractivity contribution in [3.8, 4) is 34.5 Å². The van der Waals surface area contributed by atoms with Crippen LogP contribution in [0.15, 0.2) is 0 Å². The van der Waals surface area contributed by atoms with Crippen LogP contribution in [0.2, 0.25) is 0 Å². The van der Waals surface area contributed by atoms with E-state index in [1.54, 1.807) is 0 Å². The van der Waals surface area contributed by atoms with Gasteiger partial charge in [-0.15, -0.1) is 0 Å². The van der Waals surface area contributed by atoms with E-state index in [2.05, 4.69) is 41.5 Å². The summed E-state index contributed by atoms with van der Waals surface area (Å²) in [6.07, 6.45) is 51.8. The van der Waals surface area contributed by atoms with Crippen molar-refractivity contribution in [3.63, 3.8) is 0 Å². The van der Waals surface area contributed by atoms with Gasteiger partial charge in [0.25, 0.3) is 0 Å². The van der Waals surface area contributed by atoms with Gasteiger partial charge in [0.1, 0.15) is 0 Å². The Hall–Kier alpha value is -1.98. The summed E-state index contributed by atoms with van der Waals surface area (Å²) in [6.45, 7) is 17.4. The smallest absolute Gasteiger partial charge is 0.211 e. The van der Waals surface area contributed by atoms with E-state index in [-0.39, 0.29) is 0 Å². The zero-order valence-electron chi connectivity index (χ0n) is 45.4. The van der Waals surface area contributed by atoms with Crippen LogP contribution in [0.1, 0.15) is 311 Å². The highest BCUT2D eigenvalue weighted by atomic mass is 16.6. The first-order valence-electron chi connectivity index (χ1n) is 29.7. The zero-order chi connectivity index (χ0) is 47.6. The highest BCUT2D eigenvalue weighted by molar-refractivity contribution is 5.73. The maximum absolute atomic E-state index is 6.97. The van der Waals surface area contributed by atoms with Crippen molar-refractivity contribution in [1.82, 2.24) is 0 Å². The second-order valence-corrected chi connectivity index (χ2v) is 19.8. The highest BCUT2D eigenvalue weighted by Crippen LogP contribution is 2.58. The van der Waals surface area contributed by atoms with Gasteiger partial charge in [-0.2, -0.15) is 0 Å². The molecule has 0 aromatic heterocycles. The predicted molar refractivity (Wildman–Crippen MR) is 287 cm³/mol. The fraction of sp³-hybridized carbons (Fsp3) is 0.900. The second-order valence-electron chi connectivity index (χ2n) is 19.8. The summed E-state index contributed by atoms with van der Waals surface area (Å²) in [7, 11) is 0. The van der Waals surface area contributed by atoms with Gasteiger partial charge in [-0.05, 0) is 38.5 Å². The molecule has 0 fully saturated rings. The van der Waals surface area contributed by atoms with Crippen molar-refractivity contribution in [1.29, 1.82) is 0 Å². The fourth-order valence-electron chi connectivity index (χ4n) is 8.81. The van der Waals surface area contributed by atoms with Crippen LogP contribution in [-0.2, 0) is 0 Å². The molecule has 390 valence electrons. The molecule has 1 aromatic rings. The van der Waals surface area contributed by atoms with E-state index in [0.717, 1.165) is 77.0 Å². The summed E-state index contributed by atoms with van der Waals surface area (Å²) in [5.74, 6) is 4.00. The lowest BCUT2D eigenvalue weighted by Gasteiger charge is -2.26. The third-order valence-corrected chi connectivity index (χ3v) is 13.2. The van der Waals surface area contributed by atoms with Gasteiger partial charge in [0.2, 0.25) is 34.5 Å². The van der Waals surface area contributed by atoms with Crippen LogP contribution in [0.3, 0.4) is 0 Å². The molecule has 66 heavy (non-hydrogen) atoms. The summed E-state index contributed by atoms with van der Waals surface area (Å²) in [5, 5.41) is 0. The van der Waals surface area contributed by atoms with Crippen molar-refractivity contribution in [2.75, 3.05) is 39.6 Å². The Morgan fingerprint density at radius 2 is 0.258 bits per heavy atom. The van der Waals surface area contributed by atoms with E-state index < -0.39 is 0 Å². The Labute approximate surface area is 412 Å². The fourth-order valence-corrected chi connectivity index (χ4v) is 8.81. The van der Waals surface area contributed by atoms with Crippen molar-refractivity contribution < 1.29 is 28.4 Å². The van der Waals surface area contributed by atoms with E-state index in [0.29, 0.717) is 74.1 Å². The molecule has 6 heteroatoms. The minimum absolute atomic E-state index is 0.613.